The molecule has 0 unspecified atom stereocenters. The number of fused-ring (bicyclic) bond motifs is 1. The number of benzene rings is 2. The molecule has 5 nitrogen and oxygen atoms in total. The summed E-state index contributed by atoms with van der Waals surface area (Å²) in [7, 11) is -3.27. The van der Waals surface area contributed by atoms with Crippen molar-refractivity contribution < 1.29 is 13.2 Å². The fourth-order valence-corrected chi connectivity index (χ4v) is 2.88. The number of sulfone groups is 1. The van der Waals surface area contributed by atoms with E-state index in [-0.39, 0.29) is 10.8 Å². The van der Waals surface area contributed by atoms with Gasteiger partial charge < -0.3 is 5.32 Å². The van der Waals surface area contributed by atoms with E-state index in [0.717, 1.165) is 11.6 Å². The molecule has 0 aliphatic rings. The van der Waals surface area contributed by atoms with E-state index in [1.165, 1.54) is 24.3 Å². The summed E-state index contributed by atoms with van der Waals surface area (Å²) in [5.41, 5.74) is 1.70. The van der Waals surface area contributed by atoms with Crippen LogP contribution in [-0.2, 0) is 9.84 Å². The fraction of sp³-hybridized carbons (Fsp3) is 0.0588. The van der Waals surface area contributed by atoms with Gasteiger partial charge in [-0.3, -0.25) is 9.78 Å². The van der Waals surface area contributed by atoms with Gasteiger partial charge in [0, 0.05) is 23.4 Å². The van der Waals surface area contributed by atoms with E-state index in [0.29, 0.717) is 16.8 Å². The van der Waals surface area contributed by atoms with Crippen molar-refractivity contribution in [3.63, 3.8) is 0 Å². The number of para-hydroxylation sites is 1. The van der Waals surface area contributed by atoms with Gasteiger partial charge in [0.1, 0.15) is 0 Å². The third-order valence-corrected chi connectivity index (χ3v) is 4.55. The lowest BCUT2D eigenvalue weighted by molar-refractivity contribution is 0.102. The summed E-state index contributed by atoms with van der Waals surface area (Å²) in [5.74, 6) is -0.316. The fourth-order valence-electron chi connectivity index (χ4n) is 2.25. The van der Waals surface area contributed by atoms with Crippen LogP contribution in [0.4, 0.5) is 5.69 Å². The van der Waals surface area contributed by atoms with Crippen LogP contribution in [0.15, 0.2) is 65.7 Å². The van der Waals surface area contributed by atoms with E-state index in [1.54, 1.807) is 12.3 Å². The zero-order valence-corrected chi connectivity index (χ0v) is 13.2. The molecule has 1 heterocycles. The Labute approximate surface area is 133 Å². The topological polar surface area (TPSA) is 76.1 Å². The number of carbonyl (C=O) groups is 1. The molecular weight excluding hydrogens is 312 g/mol. The maximum Gasteiger partial charge on any atom is 0.255 e. The summed E-state index contributed by atoms with van der Waals surface area (Å²) in [6.07, 6.45) is 2.79. The predicted molar refractivity (Wildman–Crippen MR) is 89.2 cm³/mol. The summed E-state index contributed by atoms with van der Waals surface area (Å²) in [6.45, 7) is 0. The summed E-state index contributed by atoms with van der Waals surface area (Å²) < 4.78 is 22.9. The lowest BCUT2D eigenvalue weighted by Crippen LogP contribution is -2.12. The molecule has 3 rings (SSSR count). The van der Waals surface area contributed by atoms with Crippen LogP contribution < -0.4 is 5.32 Å². The van der Waals surface area contributed by atoms with Crippen molar-refractivity contribution in [3.8, 4) is 0 Å². The van der Waals surface area contributed by atoms with Crippen LogP contribution in [0, 0.1) is 0 Å². The number of anilines is 1. The Morgan fingerprint density at radius 3 is 2.39 bits per heavy atom. The molecule has 0 atom stereocenters. The Bertz CT molecular complexity index is 975. The van der Waals surface area contributed by atoms with E-state index < -0.39 is 9.84 Å². The molecule has 3 aromatic rings. The number of nitrogens with one attached hydrogen (secondary N) is 1. The first kappa shape index (κ1) is 15.2. The van der Waals surface area contributed by atoms with Crippen LogP contribution >= 0.6 is 0 Å². The van der Waals surface area contributed by atoms with Gasteiger partial charge in [-0.2, -0.15) is 0 Å². The Balaban J connectivity index is 1.89. The molecule has 0 saturated heterocycles. The summed E-state index contributed by atoms with van der Waals surface area (Å²) in [5, 5.41) is 3.74. The lowest BCUT2D eigenvalue weighted by Gasteiger charge is -2.08. The molecule has 1 aromatic heterocycles. The first-order valence-electron chi connectivity index (χ1n) is 6.90. The van der Waals surface area contributed by atoms with Gasteiger partial charge in [-0.1, -0.05) is 18.2 Å². The van der Waals surface area contributed by atoms with Gasteiger partial charge in [-0.15, -0.1) is 0 Å². The summed E-state index contributed by atoms with van der Waals surface area (Å²) >= 11 is 0. The largest absolute Gasteiger partial charge is 0.320 e. The molecule has 116 valence electrons. The number of amides is 1. The van der Waals surface area contributed by atoms with Crippen molar-refractivity contribution in [2.75, 3.05) is 11.6 Å². The molecule has 0 aliphatic carbocycles. The molecule has 6 heteroatoms. The van der Waals surface area contributed by atoms with Crippen molar-refractivity contribution in [1.29, 1.82) is 0 Å². The Kier molecular flexibility index (Phi) is 3.83. The normalized spacial score (nSPS) is 11.3. The molecule has 0 fully saturated rings. The minimum atomic E-state index is -3.27. The minimum absolute atomic E-state index is 0.181. The number of hydrogen-bond acceptors (Lipinski definition) is 4. The van der Waals surface area contributed by atoms with Crippen LogP contribution in [0.5, 0.6) is 0 Å². The van der Waals surface area contributed by atoms with Crippen molar-refractivity contribution in [2.24, 2.45) is 0 Å². The smallest absolute Gasteiger partial charge is 0.255 e. The average molecular weight is 326 g/mol. The Morgan fingerprint density at radius 1 is 1.00 bits per heavy atom. The van der Waals surface area contributed by atoms with Gasteiger partial charge in [-0.05, 0) is 36.4 Å². The highest BCUT2D eigenvalue weighted by Gasteiger charge is 2.11. The predicted octanol–water partition coefficient (Wildman–Crippen LogP) is 2.89. The number of pyridine rings is 1. The second-order valence-corrected chi connectivity index (χ2v) is 7.15. The second kappa shape index (κ2) is 5.81. The highest BCUT2D eigenvalue weighted by molar-refractivity contribution is 7.90. The van der Waals surface area contributed by atoms with E-state index >= 15 is 0 Å². The van der Waals surface area contributed by atoms with Crippen molar-refractivity contribution in [2.45, 2.75) is 4.90 Å². The Hall–Kier alpha value is -2.73. The molecule has 0 spiro atoms. The quantitative estimate of drug-likeness (QED) is 0.803. The molecule has 0 bridgehead atoms. The van der Waals surface area contributed by atoms with E-state index in [2.05, 4.69) is 10.3 Å². The van der Waals surface area contributed by atoms with Crippen LogP contribution in [-0.4, -0.2) is 25.6 Å². The van der Waals surface area contributed by atoms with Crippen molar-refractivity contribution in [1.82, 2.24) is 4.98 Å². The molecular formula is C17H14N2O3S. The lowest BCUT2D eigenvalue weighted by atomic mass is 10.1. The zero-order valence-electron chi connectivity index (χ0n) is 12.4. The minimum Gasteiger partial charge on any atom is -0.320 e. The van der Waals surface area contributed by atoms with Gasteiger partial charge in [0.25, 0.3) is 5.91 Å². The average Bonchev–Trinajstić information content (AvgIpc) is 2.54. The molecule has 0 radical (unpaired) electrons. The highest BCUT2D eigenvalue weighted by Crippen LogP contribution is 2.21. The number of aromatic nitrogens is 1. The van der Waals surface area contributed by atoms with Crippen molar-refractivity contribution >= 4 is 32.3 Å². The van der Waals surface area contributed by atoms with Crippen LogP contribution in [0.3, 0.4) is 0 Å². The molecule has 1 amide bonds. The summed E-state index contributed by atoms with van der Waals surface area (Å²) in [4.78, 5) is 16.8. The zero-order chi connectivity index (χ0) is 16.4. The highest BCUT2D eigenvalue weighted by atomic mass is 32.2. The molecule has 23 heavy (non-hydrogen) atoms. The molecule has 0 saturated carbocycles. The number of rotatable bonds is 3. The third-order valence-electron chi connectivity index (χ3n) is 3.43. The second-order valence-electron chi connectivity index (χ2n) is 5.13. The molecule has 1 N–H and O–H groups in total. The maximum absolute atomic E-state index is 12.3. The Morgan fingerprint density at radius 2 is 1.70 bits per heavy atom. The molecule has 0 aliphatic heterocycles. The van der Waals surface area contributed by atoms with Gasteiger partial charge in [0.05, 0.1) is 16.1 Å². The van der Waals surface area contributed by atoms with Crippen LogP contribution in [0.2, 0.25) is 0 Å². The first-order chi connectivity index (χ1) is 10.9. The van der Waals surface area contributed by atoms with E-state index in [9.17, 15) is 13.2 Å². The monoisotopic (exact) mass is 326 g/mol. The number of nitrogens with zero attached hydrogens (tertiary/aromatic N) is 1. The van der Waals surface area contributed by atoms with Crippen molar-refractivity contribution in [3.05, 3.63) is 66.4 Å². The SMILES string of the molecule is CS(=O)(=O)c1ccc(C(=O)Nc2cccc3cccnc23)cc1. The van der Waals surface area contributed by atoms with E-state index in [4.69, 9.17) is 0 Å². The van der Waals surface area contributed by atoms with E-state index in [1.807, 2.05) is 24.3 Å². The van der Waals surface area contributed by atoms with Crippen LogP contribution in [0.1, 0.15) is 10.4 Å². The van der Waals surface area contributed by atoms with Gasteiger partial charge >= 0.3 is 0 Å². The van der Waals surface area contributed by atoms with Gasteiger partial charge in [0.2, 0.25) is 0 Å². The molecule has 2 aromatic carbocycles. The summed E-state index contributed by atoms with van der Waals surface area (Å²) in [6, 6.07) is 15.1. The van der Waals surface area contributed by atoms with Crippen LogP contribution in [0.25, 0.3) is 10.9 Å². The third kappa shape index (κ3) is 3.22. The van der Waals surface area contributed by atoms with Gasteiger partial charge in [-0.25, -0.2) is 8.42 Å². The van der Waals surface area contributed by atoms with Gasteiger partial charge in [0.15, 0.2) is 9.84 Å². The standard InChI is InChI=1S/C17H14N2O3S/c1-23(21,22)14-9-7-13(8-10-14)17(20)19-15-6-2-4-12-5-3-11-18-16(12)15/h2-11H,1H3,(H,19,20). The first-order valence-corrected chi connectivity index (χ1v) is 8.79. The maximum atomic E-state index is 12.3. The number of carbonyl (C=O) groups excluding carboxylic acids is 1. The number of hydrogen-bond donors (Lipinski definition) is 1.